The molecule has 0 saturated carbocycles. The molecule has 0 aliphatic rings. The van der Waals surface area contributed by atoms with Gasteiger partial charge in [0.25, 0.3) is 0 Å². The van der Waals surface area contributed by atoms with Gasteiger partial charge in [-0.3, -0.25) is 4.79 Å². The maximum atomic E-state index is 11.7. The van der Waals surface area contributed by atoms with Gasteiger partial charge in [-0.2, -0.15) is 0 Å². The van der Waals surface area contributed by atoms with Crippen molar-refractivity contribution in [3.05, 3.63) is 44.8 Å². The fraction of sp³-hybridized carbons (Fsp3) is 0.167. The van der Waals surface area contributed by atoms with E-state index in [4.69, 9.17) is 23.2 Å². The number of thiazole rings is 1. The van der Waals surface area contributed by atoms with Gasteiger partial charge in [0.05, 0.1) is 21.9 Å². The molecule has 0 radical (unpaired) electrons. The van der Waals surface area contributed by atoms with Gasteiger partial charge >= 0.3 is 0 Å². The lowest BCUT2D eigenvalue weighted by Crippen LogP contribution is -2.12. The van der Waals surface area contributed by atoms with Crippen molar-refractivity contribution in [3.63, 3.8) is 0 Å². The van der Waals surface area contributed by atoms with E-state index >= 15 is 0 Å². The SMILES string of the molecule is O=C(CCc1cscn1)Nc1cc(Cl)ccc1Cl. The van der Waals surface area contributed by atoms with Gasteiger partial charge in [0.2, 0.25) is 5.91 Å². The molecule has 18 heavy (non-hydrogen) atoms. The summed E-state index contributed by atoms with van der Waals surface area (Å²) in [5.74, 6) is -0.104. The molecule has 2 aromatic rings. The molecule has 0 aliphatic heterocycles. The van der Waals surface area contributed by atoms with E-state index in [2.05, 4.69) is 10.3 Å². The molecular weight excluding hydrogens is 291 g/mol. The summed E-state index contributed by atoms with van der Waals surface area (Å²) in [6.45, 7) is 0. The van der Waals surface area contributed by atoms with Gasteiger partial charge in [0.15, 0.2) is 0 Å². The molecule has 0 unspecified atom stereocenters. The number of nitrogens with zero attached hydrogens (tertiary/aromatic N) is 1. The fourth-order valence-electron chi connectivity index (χ4n) is 1.41. The van der Waals surface area contributed by atoms with Gasteiger partial charge in [0.1, 0.15) is 0 Å². The van der Waals surface area contributed by atoms with Crippen LogP contribution in [0.4, 0.5) is 5.69 Å². The molecule has 0 atom stereocenters. The third kappa shape index (κ3) is 3.70. The first-order valence-corrected chi connectivity index (χ1v) is 6.97. The molecule has 1 aromatic carbocycles. The molecule has 1 aromatic heterocycles. The van der Waals surface area contributed by atoms with E-state index in [1.54, 1.807) is 23.7 Å². The van der Waals surface area contributed by atoms with Crippen molar-refractivity contribution >= 4 is 46.1 Å². The van der Waals surface area contributed by atoms with E-state index in [1.807, 2.05) is 5.38 Å². The normalized spacial score (nSPS) is 10.3. The van der Waals surface area contributed by atoms with Crippen LogP contribution in [0.3, 0.4) is 0 Å². The van der Waals surface area contributed by atoms with Gasteiger partial charge in [-0.05, 0) is 24.6 Å². The van der Waals surface area contributed by atoms with Crippen LogP contribution in [0.25, 0.3) is 0 Å². The Bertz CT molecular complexity index is 543. The lowest BCUT2D eigenvalue weighted by molar-refractivity contribution is -0.116. The molecule has 0 aliphatic carbocycles. The Hall–Kier alpha value is -1.10. The van der Waals surface area contributed by atoms with E-state index in [0.717, 1.165) is 5.69 Å². The molecule has 1 heterocycles. The van der Waals surface area contributed by atoms with Crippen LogP contribution in [0.1, 0.15) is 12.1 Å². The van der Waals surface area contributed by atoms with Gasteiger partial charge in [-0.15, -0.1) is 11.3 Å². The maximum Gasteiger partial charge on any atom is 0.224 e. The van der Waals surface area contributed by atoms with Crippen LogP contribution in [0.5, 0.6) is 0 Å². The predicted molar refractivity (Wildman–Crippen MR) is 75.5 cm³/mol. The second kappa shape index (κ2) is 6.18. The smallest absolute Gasteiger partial charge is 0.224 e. The average Bonchev–Trinajstić information content (AvgIpc) is 2.84. The standard InChI is InChI=1S/C12H10Cl2N2OS/c13-8-1-3-10(14)11(5-8)16-12(17)4-2-9-6-18-7-15-9/h1,3,5-7H,2,4H2,(H,16,17). The van der Waals surface area contributed by atoms with Crippen molar-refractivity contribution in [1.82, 2.24) is 4.98 Å². The zero-order valence-corrected chi connectivity index (χ0v) is 11.6. The summed E-state index contributed by atoms with van der Waals surface area (Å²) in [4.78, 5) is 15.9. The lowest BCUT2D eigenvalue weighted by atomic mass is 10.2. The largest absolute Gasteiger partial charge is 0.325 e. The quantitative estimate of drug-likeness (QED) is 0.926. The van der Waals surface area contributed by atoms with Crippen LogP contribution < -0.4 is 5.32 Å². The first kappa shape index (κ1) is 13.3. The van der Waals surface area contributed by atoms with E-state index in [9.17, 15) is 4.79 Å². The number of aryl methyl sites for hydroxylation is 1. The molecule has 0 bridgehead atoms. The number of carbonyl (C=O) groups is 1. The first-order valence-electron chi connectivity index (χ1n) is 5.27. The molecule has 6 heteroatoms. The lowest BCUT2D eigenvalue weighted by Gasteiger charge is -2.07. The van der Waals surface area contributed by atoms with E-state index < -0.39 is 0 Å². The summed E-state index contributed by atoms with van der Waals surface area (Å²) < 4.78 is 0. The van der Waals surface area contributed by atoms with Crippen molar-refractivity contribution < 1.29 is 4.79 Å². The van der Waals surface area contributed by atoms with Crippen LogP contribution in [-0.2, 0) is 11.2 Å². The van der Waals surface area contributed by atoms with Gasteiger partial charge in [-0.25, -0.2) is 4.98 Å². The topological polar surface area (TPSA) is 42.0 Å². The Morgan fingerprint density at radius 3 is 2.94 bits per heavy atom. The maximum absolute atomic E-state index is 11.7. The number of aromatic nitrogens is 1. The molecule has 3 nitrogen and oxygen atoms in total. The Kier molecular flexibility index (Phi) is 4.58. The predicted octanol–water partition coefficient (Wildman–Crippen LogP) is 4.02. The second-order valence-electron chi connectivity index (χ2n) is 3.65. The highest BCUT2D eigenvalue weighted by Crippen LogP contribution is 2.25. The molecule has 2 rings (SSSR count). The van der Waals surface area contributed by atoms with Crippen molar-refractivity contribution in [2.24, 2.45) is 0 Å². The van der Waals surface area contributed by atoms with Crippen molar-refractivity contribution in [1.29, 1.82) is 0 Å². The number of benzene rings is 1. The highest BCUT2D eigenvalue weighted by Gasteiger charge is 2.07. The molecule has 0 saturated heterocycles. The Balaban J connectivity index is 1.92. The summed E-state index contributed by atoms with van der Waals surface area (Å²) in [5.41, 5.74) is 3.21. The molecule has 1 amide bonds. The number of rotatable bonds is 4. The average molecular weight is 301 g/mol. The van der Waals surface area contributed by atoms with E-state index in [-0.39, 0.29) is 5.91 Å². The monoisotopic (exact) mass is 300 g/mol. The number of amides is 1. The molecular formula is C12H10Cl2N2OS. The van der Waals surface area contributed by atoms with Crippen LogP contribution in [0.2, 0.25) is 10.0 Å². The number of halogens is 2. The first-order chi connectivity index (χ1) is 8.65. The van der Waals surface area contributed by atoms with Crippen LogP contribution in [0.15, 0.2) is 29.1 Å². The summed E-state index contributed by atoms with van der Waals surface area (Å²) in [7, 11) is 0. The number of carbonyl (C=O) groups excluding carboxylic acids is 1. The number of anilines is 1. The zero-order chi connectivity index (χ0) is 13.0. The van der Waals surface area contributed by atoms with Gasteiger partial charge in [-0.1, -0.05) is 23.2 Å². The number of nitrogens with one attached hydrogen (secondary N) is 1. The Morgan fingerprint density at radius 1 is 1.39 bits per heavy atom. The minimum absolute atomic E-state index is 0.104. The van der Waals surface area contributed by atoms with Crippen LogP contribution in [0, 0.1) is 0 Å². The highest BCUT2D eigenvalue weighted by molar-refractivity contribution is 7.07. The van der Waals surface area contributed by atoms with Gasteiger partial charge < -0.3 is 5.32 Å². The summed E-state index contributed by atoms with van der Waals surface area (Å²) in [6.07, 6.45) is 0.986. The van der Waals surface area contributed by atoms with Crippen molar-refractivity contribution in [3.8, 4) is 0 Å². The summed E-state index contributed by atoms with van der Waals surface area (Å²) in [5, 5.41) is 5.67. The highest BCUT2D eigenvalue weighted by atomic mass is 35.5. The summed E-state index contributed by atoms with van der Waals surface area (Å²) >= 11 is 13.3. The molecule has 94 valence electrons. The summed E-state index contributed by atoms with van der Waals surface area (Å²) in [6, 6.07) is 4.96. The van der Waals surface area contributed by atoms with Crippen LogP contribution in [-0.4, -0.2) is 10.9 Å². The minimum atomic E-state index is -0.104. The molecule has 0 fully saturated rings. The van der Waals surface area contributed by atoms with E-state index in [0.29, 0.717) is 28.6 Å². The second-order valence-corrected chi connectivity index (χ2v) is 5.21. The zero-order valence-electron chi connectivity index (χ0n) is 9.32. The Labute approximate surface area is 119 Å². The van der Waals surface area contributed by atoms with Crippen LogP contribution >= 0.6 is 34.5 Å². The third-order valence-electron chi connectivity index (χ3n) is 2.29. The van der Waals surface area contributed by atoms with Crippen molar-refractivity contribution in [2.45, 2.75) is 12.8 Å². The number of hydrogen-bond acceptors (Lipinski definition) is 3. The number of hydrogen-bond donors (Lipinski definition) is 1. The minimum Gasteiger partial charge on any atom is -0.325 e. The molecule has 0 spiro atoms. The van der Waals surface area contributed by atoms with Gasteiger partial charge in [0, 0.05) is 16.8 Å². The fourth-order valence-corrected chi connectivity index (χ4v) is 2.34. The molecule has 1 N–H and O–H groups in total. The third-order valence-corrected chi connectivity index (χ3v) is 3.49. The van der Waals surface area contributed by atoms with E-state index in [1.165, 1.54) is 11.3 Å². The van der Waals surface area contributed by atoms with Crippen molar-refractivity contribution in [2.75, 3.05) is 5.32 Å². The Morgan fingerprint density at radius 2 is 2.22 bits per heavy atom.